The maximum atomic E-state index is 13.8. The number of fused-ring (bicyclic) bond motifs is 1. The van der Waals surface area contributed by atoms with E-state index < -0.39 is 6.04 Å². The number of aromatic nitrogens is 4. The van der Waals surface area contributed by atoms with Crippen molar-refractivity contribution in [1.82, 2.24) is 24.6 Å². The zero-order valence-corrected chi connectivity index (χ0v) is 21.0. The minimum absolute atomic E-state index is 0.0415. The maximum absolute atomic E-state index is 13.8. The molecule has 0 radical (unpaired) electrons. The van der Waals surface area contributed by atoms with Crippen molar-refractivity contribution in [3.8, 4) is 0 Å². The van der Waals surface area contributed by atoms with Crippen molar-refractivity contribution in [2.24, 2.45) is 11.7 Å². The highest BCUT2D eigenvalue weighted by atomic mass is 16.2. The van der Waals surface area contributed by atoms with Crippen LogP contribution in [0.5, 0.6) is 0 Å². The van der Waals surface area contributed by atoms with Gasteiger partial charge in [0, 0.05) is 12.1 Å². The largest absolute Gasteiger partial charge is 0.330 e. The summed E-state index contributed by atoms with van der Waals surface area (Å²) in [6.07, 6.45) is 2.11. The van der Waals surface area contributed by atoms with Gasteiger partial charge in [0.05, 0.1) is 24.2 Å². The van der Waals surface area contributed by atoms with Crippen molar-refractivity contribution in [3.63, 3.8) is 0 Å². The van der Waals surface area contributed by atoms with Gasteiger partial charge in [-0.2, -0.15) is 5.10 Å². The van der Waals surface area contributed by atoms with Crippen molar-refractivity contribution in [1.29, 1.82) is 0 Å². The minimum atomic E-state index is -0.479. The molecule has 0 aliphatic rings. The lowest BCUT2D eigenvalue weighted by molar-refractivity contribution is 0.0602. The molecule has 2 heterocycles. The van der Waals surface area contributed by atoms with Crippen LogP contribution in [-0.2, 0) is 6.54 Å². The lowest BCUT2D eigenvalue weighted by atomic mass is 9.98. The van der Waals surface area contributed by atoms with Gasteiger partial charge in [0.2, 0.25) is 0 Å². The number of amides is 1. The van der Waals surface area contributed by atoms with Crippen molar-refractivity contribution in [2.75, 3.05) is 13.1 Å². The fourth-order valence-corrected chi connectivity index (χ4v) is 4.42. The van der Waals surface area contributed by atoms with E-state index in [0.717, 1.165) is 11.1 Å². The molecule has 0 saturated carbocycles. The standard InChI is InChI=1S/C28H32N6O2/c1-19(2)24(33(17-7-15-29)27(35)22-12-10-20(3)11-13-22)26-31-25-23(14-16-30-32-25)28(36)34(26)18-21-8-5-4-6-9-21/h4-6,8-14,16,19,24H,7,15,17-18,29H2,1-3H3. The predicted octanol–water partition coefficient (Wildman–Crippen LogP) is 3.73. The number of carbonyl (C=O) groups is 1. The first-order valence-electron chi connectivity index (χ1n) is 12.2. The fourth-order valence-electron chi connectivity index (χ4n) is 4.42. The van der Waals surface area contributed by atoms with Crippen LogP contribution in [0, 0.1) is 12.8 Å². The molecule has 0 spiro atoms. The molecule has 2 aromatic carbocycles. The second-order valence-corrected chi connectivity index (χ2v) is 9.31. The van der Waals surface area contributed by atoms with E-state index in [4.69, 9.17) is 10.7 Å². The molecule has 1 amide bonds. The molecule has 1 unspecified atom stereocenters. The van der Waals surface area contributed by atoms with Crippen LogP contribution in [0.25, 0.3) is 11.0 Å². The van der Waals surface area contributed by atoms with Crippen LogP contribution in [0.2, 0.25) is 0 Å². The van der Waals surface area contributed by atoms with E-state index in [1.54, 1.807) is 15.5 Å². The molecule has 1 atom stereocenters. The van der Waals surface area contributed by atoms with Gasteiger partial charge in [-0.3, -0.25) is 14.2 Å². The summed E-state index contributed by atoms with van der Waals surface area (Å²) in [7, 11) is 0. The Labute approximate surface area is 210 Å². The van der Waals surface area contributed by atoms with Crippen molar-refractivity contribution >= 4 is 16.9 Å². The summed E-state index contributed by atoms with van der Waals surface area (Å²) >= 11 is 0. The zero-order chi connectivity index (χ0) is 25.7. The molecule has 0 saturated heterocycles. The van der Waals surface area contributed by atoms with Crippen LogP contribution < -0.4 is 11.3 Å². The Kier molecular flexibility index (Phi) is 7.85. The molecule has 186 valence electrons. The molecular formula is C28H32N6O2. The summed E-state index contributed by atoms with van der Waals surface area (Å²) in [6.45, 7) is 7.25. The zero-order valence-electron chi connectivity index (χ0n) is 21.0. The van der Waals surface area contributed by atoms with E-state index in [1.807, 2.05) is 75.4 Å². The Morgan fingerprint density at radius 2 is 1.78 bits per heavy atom. The number of rotatable bonds is 9. The maximum Gasteiger partial charge on any atom is 0.263 e. The summed E-state index contributed by atoms with van der Waals surface area (Å²) in [5.74, 6) is 0.325. The van der Waals surface area contributed by atoms with Crippen molar-refractivity contribution in [2.45, 2.75) is 39.8 Å². The lowest BCUT2D eigenvalue weighted by Gasteiger charge is -2.35. The summed E-state index contributed by atoms with van der Waals surface area (Å²) in [5, 5.41) is 8.46. The van der Waals surface area contributed by atoms with Gasteiger partial charge in [-0.25, -0.2) is 4.98 Å². The predicted molar refractivity (Wildman–Crippen MR) is 141 cm³/mol. The number of aryl methyl sites for hydroxylation is 1. The molecule has 8 nitrogen and oxygen atoms in total. The van der Waals surface area contributed by atoms with E-state index in [9.17, 15) is 9.59 Å². The summed E-state index contributed by atoms with van der Waals surface area (Å²) in [5.41, 5.74) is 8.54. The van der Waals surface area contributed by atoms with Crippen LogP contribution in [-0.4, -0.2) is 43.6 Å². The molecule has 0 aliphatic heterocycles. The molecule has 4 rings (SSSR count). The quantitative estimate of drug-likeness (QED) is 0.388. The minimum Gasteiger partial charge on any atom is -0.330 e. The highest BCUT2D eigenvalue weighted by molar-refractivity contribution is 5.94. The summed E-state index contributed by atoms with van der Waals surface area (Å²) < 4.78 is 1.67. The first kappa shape index (κ1) is 25.2. The smallest absolute Gasteiger partial charge is 0.263 e. The second kappa shape index (κ2) is 11.2. The molecule has 0 fully saturated rings. The molecule has 2 N–H and O–H groups in total. The van der Waals surface area contributed by atoms with Crippen molar-refractivity contribution < 1.29 is 4.79 Å². The highest BCUT2D eigenvalue weighted by Gasteiger charge is 2.32. The van der Waals surface area contributed by atoms with Gasteiger partial charge in [0.15, 0.2) is 5.65 Å². The first-order valence-corrected chi connectivity index (χ1v) is 12.2. The van der Waals surface area contributed by atoms with Gasteiger partial charge in [-0.15, -0.1) is 5.10 Å². The first-order chi connectivity index (χ1) is 17.4. The van der Waals surface area contributed by atoms with Gasteiger partial charge in [0.25, 0.3) is 11.5 Å². The third kappa shape index (κ3) is 5.33. The van der Waals surface area contributed by atoms with Crippen LogP contribution in [0.4, 0.5) is 0 Å². The van der Waals surface area contributed by atoms with Gasteiger partial charge in [0.1, 0.15) is 5.82 Å². The number of carbonyl (C=O) groups excluding carboxylic acids is 1. The van der Waals surface area contributed by atoms with E-state index in [0.29, 0.717) is 42.8 Å². The highest BCUT2D eigenvalue weighted by Crippen LogP contribution is 2.30. The van der Waals surface area contributed by atoms with Gasteiger partial charge >= 0.3 is 0 Å². The van der Waals surface area contributed by atoms with Crippen molar-refractivity contribution in [3.05, 3.63) is 99.7 Å². The Bertz CT molecular complexity index is 1380. The number of nitrogens with two attached hydrogens (primary N) is 1. The molecule has 0 aliphatic carbocycles. The molecule has 0 bridgehead atoms. The van der Waals surface area contributed by atoms with E-state index in [2.05, 4.69) is 10.2 Å². The molecule has 4 aromatic rings. The van der Waals surface area contributed by atoms with Gasteiger partial charge < -0.3 is 10.6 Å². The Hall–Kier alpha value is -3.91. The van der Waals surface area contributed by atoms with E-state index in [1.165, 1.54) is 6.20 Å². The van der Waals surface area contributed by atoms with Crippen LogP contribution >= 0.6 is 0 Å². The third-order valence-electron chi connectivity index (χ3n) is 6.25. The summed E-state index contributed by atoms with van der Waals surface area (Å²) in [6, 6.07) is 18.4. The summed E-state index contributed by atoms with van der Waals surface area (Å²) in [4.78, 5) is 34.2. The Morgan fingerprint density at radius 3 is 2.44 bits per heavy atom. The number of hydrogen-bond acceptors (Lipinski definition) is 6. The second-order valence-electron chi connectivity index (χ2n) is 9.31. The van der Waals surface area contributed by atoms with Crippen LogP contribution in [0.15, 0.2) is 71.7 Å². The SMILES string of the molecule is Cc1ccc(C(=O)N(CCCN)C(c2nc3nnccc3c(=O)n2Cc2ccccc2)C(C)C)cc1. The molecule has 2 aromatic heterocycles. The number of benzene rings is 2. The molecular weight excluding hydrogens is 452 g/mol. The van der Waals surface area contributed by atoms with E-state index >= 15 is 0 Å². The topological polar surface area (TPSA) is 107 Å². The normalized spacial score (nSPS) is 12.1. The average Bonchev–Trinajstić information content (AvgIpc) is 2.89. The van der Waals surface area contributed by atoms with Crippen LogP contribution in [0.1, 0.15) is 53.6 Å². The van der Waals surface area contributed by atoms with Crippen LogP contribution in [0.3, 0.4) is 0 Å². The Morgan fingerprint density at radius 1 is 1.06 bits per heavy atom. The van der Waals surface area contributed by atoms with Gasteiger partial charge in [-0.05, 0) is 49.6 Å². The number of hydrogen-bond donors (Lipinski definition) is 1. The fraction of sp³-hybridized carbons (Fsp3) is 0.321. The Balaban J connectivity index is 1.91. The third-order valence-corrected chi connectivity index (χ3v) is 6.25. The van der Waals surface area contributed by atoms with E-state index in [-0.39, 0.29) is 23.0 Å². The lowest BCUT2D eigenvalue weighted by Crippen LogP contribution is -2.42. The molecule has 36 heavy (non-hydrogen) atoms. The number of nitrogens with zero attached hydrogens (tertiary/aromatic N) is 5. The molecule has 8 heteroatoms. The average molecular weight is 485 g/mol. The van der Waals surface area contributed by atoms with Gasteiger partial charge in [-0.1, -0.05) is 61.9 Å². The monoisotopic (exact) mass is 484 g/mol.